The van der Waals surface area contributed by atoms with Crippen molar-refractivity contribution < 1.29 is 17.6 Å². The van der Waals surface area contributed by atoms with Crippen molar-refractivity contribution in [2.45, 2.75) is 38.4 Å². The van der Waals surface area contributed by atoms with Crippen LogP contribution in [0, 0.1) is 12.7 Å². The van der Waals surface area contributed by atoms with Crippen LogP contribution in [-0.2, 0) is 6.18 Å². The topological polar surface area (TPSA) is 41.1 Å². The molecule has 8 heteroatoms. The fraction of sp³-hybridized carbons (Fsp3) is 0.474. The molecule has 1 aliphatic rings. The molecule has 1 atom stereocenters. The van der Waals surface area contributed by atoms with Gasteiger partial charge in [-0.25, -0.2) is 14.4 Å². The molecule has 0 saturated carbocycles. The number of anilines is 1. The highest BCUT2D eigenvalue weighted by Gasteiger charge is 2.31. The van der Waals surface area contributed by atoms with Crippen molar-refractivity contribution >= 4 is 5.95 Å². The number of rotatable bonds is 5. The van der Waals surface area contributed by atoms with Crippen molar-refractivity contribution in [1.82, 2.24) is 14.9 Å². The quantitative estimate of drug-likeness (QED) is 0.773. The largest absolute Gasteiger partial charge is 0.416 e. The van der Waals surface area contributed by atoms with Gasteiger partial charge in [0.2, 0.25) is 5.95 Å². The fourth-order valence-corrected chi connectivity index (χ4v) is 3.42. The average Bonchev–Trinajstić information content (AvgIpc) is 3.00. The summed E-state index contributed by atoms with van der Waals surface area (Å²) in [7, 11) is 2.12. The summed E-state index contributed by atoms with van der Waals surface area (Å²) in [6.07, 6.45) is 0.243. The molecular weight excluding hydrogens is 360 g/mol. The van der Waals surface area contributed by atoms with Gasteiger partial charge in [0.25, 0.3) is 0 Å². The summed E-state index contributed by atoms with van der Waals surface area (Å²) in [4.78, 5) is 10.8. The average molecular weight is 382 g/mol. The smallest absolute Gasteiger partial charge is 0.354 e. The van der Waals surface area contributed by atoms with E-state index in [2.05, 4.69) is 27.2 Å². The zero-order valence-electron chi connectivity index (χ0n) is 15.3. The number of hydrogen-bond donors (Lipinski definition) is 1. The number of nitrogens with zero attached hydrogens (tertiary/aromatic N) is 3. The van der Waals surface area contributed by atoms with Crippen LogP contribution >= 0.6 is 0 Å². The lowest BCUT2D eigenvalue weighted by atomic mass is 10.0. The zero-order valence-corrected chi connectivity index (χ0v) is 15.3. The third kappa shape index (κ3) is 4.55. The van der Waals surface area contributed by atoms with Crippen molar-refractivity contribution in [3.8, 4) is 11.1 Å². The Kier molecular flexibility index (Phi) is 5.64. The first-order chi connectivity index (χ1) is 12.8. The second-order valence-electron chi connectivity index (χ2n) is 6.88. The molecule has 1 saturated heterocycles. The standard InChI is InChI=1S/C19H22F4N4/c1-12-16(15-6-5-13(10-17(15)20)19(21,22)23)11-25-18(26-12)24-8-7-14-4-3-9-27(14)2/h5-6,10-11,14H,3-4,7-9H2,1-2H3,(H,24,25,26)/t14-/m1/s1. The maximum Gasteiger partial charge on any atom is 0.416 e. The first-order valence-electron chi connectivity index (χ1n) is 8.90. The SMILES string of the molecule is Cc1nc(NCC[C@H]2CCCN2C)ncc1-c1ccc(C(F)(F)F)cc1F. The van der Waals surface area contributed by atoms with Gasteiger partial charge in [0.15, 0.2) is 0 Å². The molecule has 0 unspecified atom stereocenters. The first-order valence-corrected chi connectivity index (χ1v) is 8.90. The van der Waals surface area contributed by atoms with Gasteiger partial charge in [0, 0.05) is 29.9 Å². The number of alkyl halides is 3. The summed E-state index contributed by atoms with van der Waals surface area (Å²) < 4.78 is 52.2. The number of likely N-dealkylation sites (tertiary alicyclic amines) is 1. The summed E-state index contributed by atoms with van der Waals surface area (Å²) >= 11 is 0. The monoisotopic (exact) mass is 382 g/mol. The summed E-state index contributed by atoms with van der Waals surface area (Å²) in [5, 5.41) is 3.16. The van der Waals surface area contributed by atoms with E-state index in [9.17, 15) is 17.6 Å². The number of nitrogens with one attached hydrogen (secondary N) is 1. The van der Waals surface area contributed by atoms with Crippen LogP contribution < -0.4 is 5.32 Å². The molecule has 146 valence electrons. The molecule has 4 nitrogen and oxygen atoms in total. The second kappa shape index (κ2) is 7.80. The molecular formula is C19H22F4N4. The molecule has 1 aliphatic heterocycles. The van der Waals surface area contributed by atoms with E-state index in [1.807, 2.05) is 0 Å². The molecule has 0 bridgehead atoms. The lowest BCUT2D eigenvalue weighted by Gasteiger charge is -2.19. The summed E-state index contributed by atoms with van der Waals surface area (Å²) in [5.74, 6) is -0.509. The van der Waals surface area contributed by atoms with Gasteiger partial charge >= 0.3 is 6.18 Å². The highest BCUT2D eigenvalue weighted by Crippen LogP contribution is 2.33. The van der Waals surface area contributed by atoms with Crippen molar-refractivity contribution in [1.29, 1.82) is 0 Å². The molecule has 2 aromatic rings. The Morgan fingerprint density at radius 2 is 2.04 bits per heavy atom. The van der Waals surface area contributed by atoms with Gasteiger partial charge in [0.1, 0.15) is 5.82 Å². The third-order valence-corrected chi connectivity index (χ3v) is 5.00. The maximum atomic E-state index is 14.2. The van der Waals surface area contributed by atoms with Gasteiger partial charge in [-0.2, -0.15) is 13.2 Å². The molecule has 27 heavy (non-hydrogen) atoms. The van der Waals surface area contributed by atoms with E-state index in [-0.39, 0.29) is 5.56 Å². The van der Waals surface area contributed by atoms with Crippen LogP contribution in [0.3, 0.4) is 0 Å². The van der Waals surface area contributed by atoms with E-state index in [4.69, 9.17) is 0 Å². The predicted octanol–water partition coefficient (Wildman–Crippen LogP) is 4.51. The molecule has 3 rings (SSSR count). The highest BCUT2D eigenvalue weighted by atomic mass is 19.4. The van der Waals surface area contributed by atoms with Crippen LogP contribution in [0.2, 0.25) is 0 Å². The van der Waals surface area contributed by atoms with E-state index < -0.39 is 17.6 Å². The van der Waals surface area contributed by atoms with E-state index >= 15 is 0 Å². The van der Waals surface area contributed by atoms with Crippen LogP contribution in [0.5, 0.6) is 0 Å². The minimum absolute atomic E-state index is 0.0552. The summed E-state index contributed by atoms with van der Waals surface area (Å²) in [6.45, 7) is 3.53. The van der Waals surface area contributed by atoms with Gasteiger partial charge < -0.3 is 10.2 Å². The molecule has 1 aromatic heterocycles. The molecule has 1 fully saturated rings. The number of aromatic nitrogens is 2. The lowest BCUT2D eigenvalue weighted by Crippen LogP contribution is -2.27. The van der Waals surface area contributed by atoms with Gasteiger partial charge in [0.05, 0.1) is 11.3 Å². The Labute approximate surface area is 155 Å². The minimum Gasteiger partial charge on any atom is -0.354 e. The normalized spacial score (nSPS) is 18.1. The Bertz CT molecular complexity index is 807. The molecule has 0 spiro atoms. The Morgan fingerprint density at radius 3 is 2.63 bits per heavy atom. The van der Waals surface area contributed by atoms with Crippen molar-refractivity contribution in [3.63, 3.8) is 0 Å². The van der Waals surface area contributed by atoms with Crippen LogP contribution in [0.4, 0.5) is 23.5 Å². The van der Waals surface area contributed by atoms with Gasteiger partial charge in [-0.1, -0.05) is 6.07 Å². The summed E-state index contributed by atoms with van der Waals surface area (Å²) in [6, 6.07) is 3.03. The second-order valence-corrected chi connectivity index (χ2v) is 6.88. The minimum atomic E-state index is -4.58. The van der Waals surface area contributed by atoms with Crippen molar-refractivity contribution in [2.24, 2.45) is 0 Å². The predicted molar refractivity (Wildman–Crippen MR) is 95.9 cm³/mol. The summed E-state index contributed by atoms with van der Waals surface area (Å²) in [5.41, 5.74) is -0.0800. The Balaban J connectivity index is 1.69. The van der Waals surface area contributed by atoms with Crippen LogP contribution in [0.25, 0.3) is 11.1 Å². The molecule has 2 heterocycles. The lowest BCUT2D eigenvalue weighted by molar-refractivity contribution is -0.137. The molecule has 1 aromatic carbocycles. The zero-order chi connectivity index (χ0) is 19.6. The van der Waals surface area contributed by atoms with Crippen LogP contribution in [-0.4, -0.2) is 41.0 Å². The highest BCUT2D eigenvalue weighted by molar-refractivity contribution is 5.66. The molecule has 0 amide bonds. The van der Waals surface area contributed by atoms with Crippen molar-refractivity contribution in [2.75, 3.05) is 25.5 Å². The fourth-order valence-electron chi connectivity index (χ4n) is 3.42. The number of benzene rings is 1. The molecule has 0 radical (unpaired) electrons. The molecule has 1 N–H and O–H groups in total. The van der Waals surface area contributed by atoms with Crippen LogP contribution in [0.1, 0.15) is 30.5 Å². The number of aryl methyl sites for hydroxylation is 1. The Morgan fingerprint density at radius 1 is 1.26 bits per heavy atom. The third-order valence-electron chi connectivity index (χ3n) is 5.00. The number of hydrogen-bond acceptors (Lipinski definition) is 4. The number of halogens is 4. The van der Waals surface area contributed by atoms with Gasteiger partial charge in [-0.05, 0) is 51.9 Å². The van der Waals surface area contributed by atoms with E-state index in [0.717, 1.165) is 31.6 Å². The van der Waals surface area contributed by atoms with E-state index in [1.165, 1.54) is 19.0 Å². The van der Waals surface area contributed by atoms with E-state index in [1.54, 1.807) is 6.92 Å². The van der Waals surface area contributed by atoms with Crippen molar-refractivity contribution in [3.05, 3.63) is 41.5 Å². The van der Waals surface area contributed by atoms with Gasteiger partial charge in [-0.15, -0.1) is 0 Å². The first kappa shape index (κ1) is 19.5. The maximum absolute atomic E-state index is 14.2. The van der Waals surface area contributed by atoms with E-state index in [0.29, 0.717) is 29.3 Å². The van der Waals surface area contributed by atoms with Crippen LogP contribution in [0.15, 0.2) is 24.4 Å². The van der Waals surface area contributed by atoms with Gasteiger partial charge in [-0.3, -0.25) is 0 Å². The Hall–Kier alpha value is -2.22. The molecule has 0 aliphatic carbocycles.